The summed E-state index contributed by atoms with van der Waals surface area (Å²) in [5, 5.41) is 12.5. The number of nitrogens with one attached hydrogen (secondary N) is 1. The molecule has 2 aromatic heterocycles. The van der Waals surface area contributed by atoms with Crippen LogP contribution in [-0.2, 0) is 11.2 Å². The summed E-state index contributed by atoms with van der Waals surface area (Å²) >= 11 is 1.54. The molecule has 5 nitrogen and oxygen atoms in total. The van der Waals surface area contributed by atoms with Crippen LogP contribution >= 0.6 is 11.3 Å². The molecule has 0 spiro atoms. The Labute approximate surface area is 109 Å². The van der Waals surface area contributed by atoms with E-state index >= 15 is 0 Å². The molecule has 0 aromatic carbocycles. The van der Waals surface area contributed by atoms with Crippen LogP contribution in [0.2, 0.25) is 0 Å². The highest BCUT2D eigenvalue weighted by atomic mass is 32.1. The molecule has 1 N–H and O–H groups in total. The Morgan fingerprint density at radius 2 is 2.44 bits per heavy atom. The molecule has 0 bridgehead atoms. The van der Waals surface area contributed by atoms with Gasteiger partial charge < -0.3 is 9.73 Å². The van der Waals surface area contributed by atoms with Crippen molar-refractivity contribution in [1.82, 2.24) is 15.5 Å². The van der Waals surface area contributed by atoms with Crippen molar-refractivity contribution in [3.63, 3.8) is 0 Å². The highest BCUT2D eigenvalue weighted by Gasteiger charge is 2.10. The predicted molar refractivity (Wildman–Crippen MR) is 69.1 cm³/mol. The lowest BCUT2D eigenvalue weighted by Gasteiger charge is -1.98. The summed E-state index contributed by atoms with van der Waals surface area (Å²) in [4.78, 5) is 12.3. The molecule has 1 amide bonds. The molecule has 0 atom stereocenters. The molecular formula is C12H13N3O2S. The zero-order valence-electron chi connectivity index (χ0n) is 9.76. The monoisotopic (exact) mass is 263 g/mol. The number of aryl methyl sites for hydroxylation is 1. The van der Waals surface area contributed by atoms with E-state index < -0.39 is 0 Å². The van der Waals surface area contributed by atoms with Crippen molar-refractivity contribution in [2.75, 3.05) is 6.54 Å². The van der Waals surface area contributed by atoms with E-state index in [0.717, 1.165) is 4.88 Å². The lowest BCUT2D eigenvalue weighted by atomic mass is 10.3. The number of thiophene rings is 1. The minimum Gasteiger partial charge on any atom is -0.420 e. The molecule has 0 saturated heterocycles. The Morgan fingerprint density at radius 1 is 1.56 bits per heavy atom. The lowest BCUT2D eigenvalue weighted by molar-refractivity contribution is -0.120. The standard InChI is InChI=1S/C12H13N3O2S/c1-2-7-13-10(16)5-6-11-14-15-12(17-11)9-4-3-8-18-9/h2-4,8H,1,5-7H2,(H,13,16). The molecule has 0 saturated carbocycles. The average Bonchev–Trinajstić information content (AvgIpc) is 3.03. The van der Waals surface area contributed by atoms with E-state index in [-0.39, 0.29) is 5.91 Å². The van der Waals surface area contributed by atoms with Crippen molar-refractivity contribution in [3.05, 3.63) is 36.1 Å². The first-order valence-electron chi connectivity index (χ1n) is 5.53. The first-order chi connectivity index (χ1) is 8.79. The molecule has 6 heteroatoms. The fraction of sp³-hybridized carbons (Fsp3) is 0.250. The molecule has 0 aliphatic heterocycles. The number of amides is 1. The quantitative estimate of drug-likeness (QED) is 0.810. The van der Waals surface area contributed by atoms with Crippen LogP contribution in [0.15, 0.2) is 34.6 Å². The number of hydrogen-bond acceptors (Lipinski definition) is 5. The van der Waals surface area contributed by atoms with Gasteiger partial charge in [-0.2, -0.15) is 0 Å². The van der Waals surface area contributed by atoms with Gasteiger partial charge in [-0.05, 0) is 11.4 Å². The first-order valence-corrected chi connectivity index (χ1v) is 6.41. The molecule has 2 rings (SSSR count). The number of rotatable bonds is 6. The van der Waals surface area contributed by atoms with Crippen molar-refractivity contribution < 1.29 is 9.21 Å². The fourth-order valence-corrected chi connectivity index (χ4v) is 1.99. The molecule has 0 aliphatic rings. The van der Waals surface area contributed by atoms with E-state index in [0.29, 0.717) is 31.2 Å². The first kappa shape index (κ1) is 12.5. The number of hydrogen-bond donors (Lipinski definition) is 1. The summed E-state index contributed by atoms with van der Waals surface area (Å²) in [6.45, 7) is 4.00. The van der Waals surface area contributed by atoms with Gasteiger partial charge in [0, 0.05) is 19.4 Å². The fourth-order valence-electron chi connectivity index (χ4n) is 1.35. The number of nitrogens with zero attached hydrogens (tertiary/aromatic N) is 2. The topological polar surface area (TPSA) is 68.0 Å². The van der Waals surface area contributed by atoms with Crippen molar-refractivity contribution in [2.24, 2.45) is 0 Å². The van der Waals surface area contributed by atoms with Gasteiger partial charge in [-0.25, -0.2) is 0 Å². The van der Waals surface area contributed by atoms with Crippen molar-refractivity contribution in [2.45, 2.75) is 12.8 Å². The van der Waals surface area contributed by atoms with Crippen LogP contribution in [0.25, 0.3) is 10.8 Å². The molecule has 0 fully saturated rings. The maximum atomic E-state index is 11.4. The minimum atomic E-state index is -0.0502. The van der Waals surface area contributed by atoms with Crippen LogP contribution in [-0.4, -0.2) is 22.6 Å². The van der Waals surface area contributed by atoms with Gasteiger partial charge >= 0.3 is 0 Å². The van der Waals surface area contributed by atoms with Gasteiger partial charge in [-0.15, -0.1) is 28.1 Å². The van der Waals surface area contributed by atoms with E-state index in [4.69, 9.17) is 4.42 Å². The van der Waals surface area contributed by atoms with Crippen LogP contribution in [0.1, 0.15) is 12.3 Å². The molecule has 94 valence electrons. The van der Waals surface area contributed by atoms with Crippen molar-refractivity contribution in [1.29, 1.82) is 0 Å². The zero-order chi connectivity index (χ0) is 12.8. The lowest BCUT2D eigenvalue weighted by Crippen LogP contribution is -2.23. The van der Waals surface area contributed by atoms with Gasteiger partial charge in [-0.1, -0.05) is 12.1 Å². The Kier molecular flexibility index (Phi) is 4.25. The summed E-state index contributed by atoms with van der Waals surface area (Å²) in [6, 6.07) is 3.84. The van der Waals surface area contributed by atoms with E-state index in [2.05, 4.69) is 22.1 Å². The molecule has 18 heavy (non-hydrogen) atoms. The van der Waals surface area contributed by atoms with Gasteiger partial charge in [0.25, 0.3) is 5.89 Å². The number of carbonyl (C=O) groups excluding carboxylic acids is 1. The summed E-state index contributed by atoms with van der Waals surface area (Å²) in [5.74, 6) is 0.935. The van der Waals surface area contributed by atoms with Crippen LogP contribution < -0.4 is 5.32 Å². The van der Waals surface area contributed by atoms with Gasteiger partial charge in [0.15, 0.2) is 0 Å². The largest absolute Gasteiger partial charge is 0.420 e. The normalized spacial score (nSPS) is 10.2. The molecule has 2 heterocycles. The smallest absolute Gasteiger partial charge is 0.257 e. The Morgan fingerprint density at radius 3 is 3.17 bits per heavy atom. The molecule has 2 aromatic rings. The highest BCUT2D eigenvalue weighted by molar-refractivity contribution is 7.13. The van der Waals surface area contributed by atoms with Crippen molar-refractivity contribution >= 4 is 17.2 Å². The predicted octanol–water partition coefficient (Wildman–Crippen LogP) is 2.03. The summed E-state index contributed by atoms with van der Waals surface area (Å²) in [5.41, 5.74) is 0. The number of aromatic nitrogens is 2. The molecular weight excluding hydrogens is 250 g/mol. The number of carbonyl (C=O) groups is 1. The van der Waals surface area contributed by atoms with Gasteiger partial charge in [0.1, 0.15) is 0 Å². The second-order valence-corrected chi connectivity index (χ2v) is 4.52. The molecule has 0 unspecified atom stereocenters. The van der Waals surface area contributed by atoms with Gasteiger partial charge in [0.05, 0.1) is 4.88 Å². The Hall–Kier alpha value is -1.95. The van der Waals surface area contributed by atoms with E-state index in [9.17, 15) is 4.79 Å². The second-order valence-electron chi connectivity index (χ2n) is 3.57. The van der Waals surface area contributed by atoms with Crippen LogP contribution in [0.5, 0.6) is 0 Å². The molecule has 0 radical (unpaired) electrons. The third-order valence-corrected chi connectivity index (χ3v) is 3.07. The van der Waals surface area contributed by atoms with E-state index in [1.54, 1.807) is 6.08 Å². The third-order valence-electron chi connectivity index (χ3n) is 2.21. The van der Waals surface area contributed by atoms with E-state index in [1.807, 2.05) is 17.5 Å². The maximum Gasteiger partial charge on any atom is 0.257 e. The average molecular weight is 263 g/mol. The maximum absolute atomic E-state index is 11.4. The molecule has 0 aliphatic carbocycles. The highest BCUT2D eigenvalue weighted by Crippen LogP contribution is 2.23. The van der Waals surface area contributed by atoms with Crippen LogP contribution in [0.3, 0.4) is 0 Å². The van der Waals surface area contributed by atoms with Crippen molar-refractivity contribution in [3.8, 4) is 10.8 Å². The Bertz CT molecular complexity index is 519. The van der Waals surface area contributed by atoms with E-state index in [1.165, 1.54) is 11.3 Å². The summed E-state index contributed by atoms with van der Waals surface area (Å²) < 4.78 is 5.47. The zero-order valence-corrected chi connectivity index (χ0v) is 10.6. The van der Waals surface area contributed by atoms with Crippen LogP contribution in [0.4, 0.5) is 0 Å². The summed E-state index contributed by atoms with van der Waals surface area (Å²) in [6.07, 6.45) is 2.42. The van der Waals surface area contributed by atoms with Gasteiger partial charge in [0.2, 0.25) is 11.8 Å². The van der Waals surface area contributed by atoms with Crippen LogP contribution in [0, 0.1) is 0 Å². The SMILES string of the molecule is C=CCNC(=O)CCc1nnc(-c2cccs2)o1. The Balaban J connectivity index is 1.87. The second kappa shape index (κ2) is 6.11. The minimum absolute atomic E-state index is 0.0502. The summed E-state index contributed by atoms with van der Waals surface area (Å²) in [7, 11) is 0. The van der Waals surface area contributed by atoms with Gasteiger partial charge in [-0.3, -0.25) is 4.79 Å². The third kappa shape index (κ3) is 3.27.